The number of aromatic nitrogens is 1. The van der Waals surface area contributed by atoms with E-state index < -0.39 is 0 Å². The SMILES string of the molecule is CC(NC(=O)Cc1c[nH]c2ccc(Cl)cc12)c1ccccc1. The zero-order chi connectivity index (χ0) is 15.5. The summed E-state index contributed by atoms with van der Waals surface area (Å²) in [5, 5.41) is 4.70. The smallest absolute Gasteiger partial charge is 0.224 e. The third kappa shape index (κ3) is 3.15. The van der Waals surface area contributed by atoms with Crippen molar-refractivity contribution in [1.82, 2.24) is 10.3 Å². The van der Waals surface area contributed by atoms with Crippen molar-refractivity contribution < 1.29 is 4.79 Å². The molecule has 0 aliphatic rings. The van der Waals surface area contributed by atoms with E-state index in [-0.39, 0.29) is 11.9 Å². The number of halogens is 1. The molecule has 2 aromatic carbocycles. The van der Waals surface area contributed by atoms with E-state index in [1.807, 2.05) is 61.7 Å². The minimum atomic E-state index is -0.0116. The Hall–Kier alpha value is -2.26. The van der Waals surface area contributed by atoms with Crippen LogP contribution in [0.2, 0.25) is 5.02 Å². The maximum atomic E-state index is 12.3. The van der Waals surface area contributed by atoms with Crippen LogP contribution in [-0.4, -0.2) is 10.9 Å². The fourth-order valence-electron chi connectivity index (χ4n) is 2.59. The van der Waals surface area contributed by atoms with Crippen LogP contribution in [0.3, 0.4) is 0 Å². The molecule has 1 heterocycles. The van der Waals surface area contributed by atoms with Gasteiger partial charge in [0.25, 0.3) is 0 Å². The molecule has 0 saturated carbocycles. The molecule has 1 unspecified atom stereocenters. The second kappa shape index (κ2) is 6.24. The summed E-state index contributed by atoms with van der Waals surface area (Å²) < 4.78 is 0. The average Bonchev–Trinajstić information content (AvgIpc) is 2.90. The van der Waals surface area contributed by atoms with E-state index in [2.05, 4.69) is 10.3 Å². The van der Waals surface area contributed by atoms with Gasteiger partial charge in [-0.2, -0.15) is 0 Å². The summed E-state index contributed by atoms with van der Waals surface area (Å²) in [5.74, 6) is -0.00257. The van der Waals surface area contributed by atoms with E-state index in [4.69, 9.17) is 11.6 Å². The lowest BCUT2D eigenvalue weighted by Crippen LogP contribution is -2.28. The predicted molar refractivity (Wildman–Crippen MR) is 90.0 cm³/mol. The molecule has 0 saturated heterocycles. The fraction of sp³-hybridized carbons (Fsp3) is 0.167. The van der Waals surface area contributed by atoms with Crippen molar-refractivity contribution in [2.75, 3.05) is 0 Å². The summed E-state index contributed by atoms with van der Waals surface area (Å²) in [6.07, 6.45) is 2.20. The maximum absolute atomic E-state index is 12.3. The molecule has 3 nitrogen and oxygen atoms in total. The van der Waals surface area contributed by atoms with Gasteiger partial charge in [0.15, 0.2) is 0 Å². The Bertz CT molecular complexity index is 795. The van der Waals surface area contributed by atoms with Gasteiger partial charge in [0.2, 0.25) is 5.91 Å². The highest BCUT2D eigenvalue weighted by atomic mass is 35.5. The number of aromatic amines is 1. The number of carbonyl (C=O) groups excluding carboxylic acids is 1. The molecule has 3 rings (SSSR count). The number of amides is 1. The highest BCUT2D eigenvalue weighted by Crippen LogP contribution is 2.23. The summed E-state index contributed by atoms with van der Waals surface area (Å²) in [4.78, 5) is 15.4. The van der Waals surface area contributed by atoms with E-state index in [0.717, 1.165) is 22.0 Å². The number of benzene rings is 2. The normalized spacial score (nSPS) is 12.3. The van der Waals surface area contributed by atoms with Crippen LogP contribution in [0.1, 0.15) is 24.1 Å². The van der Waals surface area contributed by atoms with E-state index in [1.165, 1.54) is 0 Å². The monoisotopic (exact) mass is 312 g/mol. The van der Waals surface area contributed by atoms with Gasteiger partial charge in [-0.05, 0) is 36.2 Å². The molecule has 0 radical (unpaired) electrons. The first-order chi connectivity index (χ1) is 10.6. The summed E-state index contributed by atoms with van der Waals surface area (Å²) in [7, 11) is 0. The van der Waals surface area contributed by atoms with Crippen molar-refractivity contribution in [2.45, 2.75) is 19.4 Å². The minimum absolute atomic E-state index is 0.00257. The molecule has 22 heavy (non-hydrogen) atoms. The van der Waals surface area contributed by atoms with Gasteiger partial charge in [-0.25, -0.2) is 0 Å². The fourth-order valence-corrected chi connectivity index (χ4v) is 2.76. The molecule has 0 aliphatic carbocycles. The lowest BCUT2D eigenvalue weighted by Gasteiger charge is -2.14. The Labute approximate surface area is 134 Å². The first kappa shape index (κ1) is 14.7. The summed E-state index contributed by atoms with van der Waals surface area (Å²) in [6, 6.07) is 15.6. The van der Waals surface area contributed by atoms with Gasteiger partial charge in [-0.3, -0.25) is 4.79 Å². The maximum Gasteiger partial charge on any atom is 0.224 e. The van der Waals surface area contributed by atoms with Gasteiger partial charge in [0.1, 0.15) is 0 Å². The lowest BCUT2D eigenvalue weighted by molar-refractivity contribution is -0.121. The lowest BCUT2D eigenvalue weighted by atomic mass is 10.1. The molecule has 0 aliphatic heterocycles. The number of nitrogens with one attached hydrogen (secondary N) is 2. The average molecular weight is 313 g/mol. The van der Waals surface area contributed by atoms with Gasteiger partial charge >= 0.3 is 0 Å². The van der Waals surface area contributed by atoms with Crippen LogP contribution in [0.5, 0.6) is 0 Å². The van der Waals surface area contributed by atoms with Crippen LogP contribution in [0.15, 0.2) is 54.7 Å². The number of hydrogen-bond donors (Lipinski definition) is 2. The predicted octanol–water partition coefficient (Wildman–Crippen LogP) is 4.24. The van der Waals surface area contributed by atoms with Crippen LogP contribution in [0.25, 0.3) is 10.9 Å². The second-order valence-corrected chi connectivity index (χ2v) is 5.82. The molecular weight excluding hydrogens is 296 g/mol. The van der Waals surface area contributed by atoms with E-state index in [0.29, 0.717) is 11.4 Å². The highest BCUT2D eigenvalue weighted by molar-refractivity contribution is 6.31. The number of fused-ring (bicyclic) bond motifs is 1. The van der Waals surface area contributed by atoms with Crippen LogP contribution < -0.4 is 5.32 Å². The Morgan fingerprint density at radius 3 is 2.77 bits per heavy atom. The van der Waals surface area contributed by atoms with Crippen molar-refractivity contribution in [3.8, 4) is 0 Å². The number of carbonyl (C=O) groups is 1. The van der Waals surface area contributed by atoms with Crippen molar-refractivity contribution in [3.05, 3.63) is 70.9 Å². The third-order valence-corrected chi connectivity index (χ3v) is 3.99. The van der Waals surface area contributed by atoms with Crippen LogP contribution >= 0.6 is 11.6 Å². The first-order valence-electron chi connectivity index (χ1n) is 7.23. The zero-order valence-electron chi connectivity index (χ0n) is 12.3. The molecule has 1 atom stereocenters. The standard InChI is InChI=1S/C18H17ClN2O/c1-12(13-5-3-2-4-6-13)21-18(22)9-14-11-20-17-8-7-15(19)10-16(14)17/h2-8,10-12,20H,9H2,1H3,(H,21,22). The highest BCUT2D eigenvalue weighted by Gasteiger charge is 2.12. The van der Waals surface area contributed by atoms with Crippen molar-refractivity contribution in [3.63, 3.8) is 0 Å². The van der Waals surface area contributed by atoms with Gasteiger partial charge in [-0.1, -0.05) is 41.9 Å². The van der Waals surface area contributed by atoms with Crippen molar-refractivity contribution in [1.29, 1.82) is 0 Å². The van der Waals surface area contributed by atoms with Crippen LogP contribution in [0.4, 0.5) is 0 Å². The summed E-state index contributed by atoms with van der Waals surface area (Å²) in [5.41, 5.74) is 3.04. The molecule has 0 fully saturated rings. The van der Waals surface area contributed by atoms with E-state index >= 15 is 0 Å². The van der Waals surface area contributed by atoms with Gasteiger partial charge in [0.05, 0.1) is 12.5 Å². The van der Waals surface area contributed by atoms with Gasteiger partial charge in [0, 0.05) is 22.1 Å². The van der Waals surface area contributed by atoms with Crippen LogP contribution in [0, 0.1) is 0 Å². The number of rotatable bonds is 4. The molecule has 0 spiro atoms. The molecule has 0 bridgehead atoms. The molecular formula is C18H17ClN2O. The Morgan fingerprint density at radius 1 is 1.23 bits per heavy atom. The number of hydrogen-bond acceptors (Lipinski definition) is 1. The first-order valence-corrected chi connectivity index (χ1v) is 7.61. The molecule has 3 aromatic rings. The van der Waals surface area contributed by atoms with Gasteiger partial charge in [-0.15, -0.1) is 0 Å². The van der Waals surface area contributed by atoms with Crippen molar-refractivity contribution in [2.24, 2.45) is 0 Å². The molecule has 1 aromatic heterocycles. The minimum Gasteiger partial charge on any atom is -0.361 e. The number of H-pyrrole nitrogens is 1. The zero-order valence-corrected chi connectivity index (χ0v) is 13.0. The van der Waals surface area contributed by atoms with Crippen molar-refractivity contribution >= 4 is 28.4 Å². The molecule has 4 heteroatoms. The Kier molecular flexibility index (Phi) is 4.16. The van der Waals surface area contributed by atoms with Gasteiger partial charge < -0.3 is 10.3 Å². The third-order valence-electron chi connectivity index (χ3n) is 3.76. The second-order valence-electron chi connectivity index (χ2n) is 5.38. The Balaban J connectivity index is 1.72. The van der Waals surface area contributed by atoms with Crippen LogP contribution in [-0.2, 0) is 11.2 Å². The molecule has 2 N–H and O–H groups in total. The van der Waals surface area contributed by atoms with E-state index in [9.17, 15) is 4.79 Å². The molecule has 1 amide bonds. The topological polar surface area (TPSA) is 44.9 Å². The summed E-state index contributed by atoms with van der Waals surface area (Å²) in [6.45, 7) is 1.99. The summed E-state index contributed by atoms with van der Waals surface area (Å²) >= 11 is 6.03. The van der Waals surface area contributed by atoms with E-state index in [1.54, 1.807) is 0 Å². The molecule has 112 valence electrons. The quantitative estimate of drug-likeness (QED) is 0.743. The largest absolute Gasteiger partial charge is 0.361 e. The Morgan fingerprint density at radius 2 is 2.00 bits per heavy atom.